The summed E-state index contributed by atoms with van der Waals surface area (Å²) in [5.74, 6) is -3.14. The van der Waals surface area contributed by atoms with E-state index in [1.165, 1.54) is 42.5 Å². The third kappa shape index (κ3) is 11.1. The molecule has 0 saturated carbocycles. The number of ether oxygens (including phenoxy) is 1. The fourth-order valence-electron chi connectivity index (χ4n) is 11.9. The summed E-state index contributed by atoms with van der Waals surface area (Å²) in [6.07, 6.45) is 0. The number of hydrogen-bond acceptors (Lipinski definition) is 15. The van der Waals surface area contributed by atoms with Crippen molar-refractivity contribution in [3.63, 3.8) is 0 Å². The topological polar surface area (TPSA) is 291 Å². The van der Waals surface area contributed by atoms with Gasteiger partial charge in [-0.15, -0.1) is 0 Å². The smallest absolute Gasteiger partial charge is 0.346 e. The maximum absolute atomic E-state index is 13.0. The van der Waals surface area contributed by atoms with Crippen molar-refractivity contribution in [2.45, 2.75) is 0 Å². The highest BCUT2D eigenvalue weighted by Crippen LogP contribution is 2.40. The van der Waals surface area contributed by atoms with E-state index in [4.69, 9.17) is 57.9 Å². The summed E-state index contributed by atoms with van der Waals surface area (Å²) in [6, 6.07) is 61.5. The first kappa shape index (κ1) is 62.6. The number of carbonyl (C=O) groups is 6. The van der Waals surface area contributed by atoms with Crippen molar-refractivity contribution in [2.24, 2.45) is 0 Å². The molecule has 24 heteroatoms. The summed E-state index contributed by atoms with van der Waals surface area (Å²) in [5.41, 5.74) is 16.0. The molecule has 96 heavy (non-hydrogen) atoms. The normalized spacial score (nSPS) is 12.8. The van der Waals surface area contributed by atoms with Crippen LogP contribution in [0.15, 0.2) is 223 Å². The van der Waals surface area contributed by atoms with Crippen molar-refractivity contribution in [2.75, 3.05) is 21.3 Å². The van der Waals surface area contributed by atoms with Crippen LogP contribution in [0.3, 0.4) is 0 Å². The molecule has 12 aromatic carbocycles. The van der Waals surface area contributed by atoms with Gasteiger partial charge >= 0.3 is 11.9 Å². The molecule has 468 valence electrons. The standard InChI is InChI=1S/C18H9ClN2O4.C18H11ClN2O2.C18H9ClN2O.C12H6O3.C6H5ClN2O2/c19-11-7-8-14(21(24)25)15(9-11)20-17(22)12-5-1-3-10-4-2-6-13(16(10)12)18(20)23;19-11-7-8-14(20)15(9-11)21-17(22)12-5-1-3-10-4-2-6-13(16(10)12)18(21)23;19-11-7-8-14-15(9-11)21-17(20-14)12-5-1-3-10-4-2-6-13(16(10)12)18(21)22;13-11-8-5-1-3-7-4-2-6-9(10(7)8)12(14)15-11;7-4-1-2-6(9(10)11)5(8)3-4/h1-9H;1-9H,20H2;1-9H;1-6H;1-3H,8H2. The van der Waals surface area contributed by atoms with Gasteiger partial charge in [-0.05, 0) is 125 Å². The van der Waals surface area contributed by atoms with Gasteiger partial charge in [-0.1, -0.05) is 150 Å². The fraction of sp³-hybridized carbons (Fsp3) is 0. The molecule has 3 aliphatic heterocycles. The van der Waals surface area contributed by atoms with Gasteiger partial charge in [-0.3, -0.25) is 48.6 Å². The molecule has 17 rings (SSSR count). The number of nitro groups is 2. The molecule has 0 fully saturated rings. The van der Waals surface area contributed by atoms with E-state index >= 15 is 0 Å². The summed E-state index contributed by atoms with van der Waals surface area (Å²) in [4.78, 5) is 114. The highest BCUT2D eigenvalue weighted by Gasteiger charge is 2.38. The lowest BCUT2D eigenvalue weighted by Gasteiger charge is -2.28. The van der Waals surface area contributed by atoms with E-state index in [0.29, 0.717) is 87.0 Å². The van der Waals surface area contributed by atoms with Crippen molar-refractivity contribution >= 4 is 187 Å². The van der Waals surface area contributed by atoms with E-state index in [2.05, 4.69) is 9.72 Å². The summed E-state index contributed by atoms with van der Waals surface area (Å²) in [5, 5.41) is 31.3. The molecule has 20 nitrogen and oxygen atoms in total. The second-order valence-corrected chi connectivity index (χ2v) is 23.4. The SMILES string of the molecule is Nc1cc(Cl)ccc1[N+](=O)[O-].Nc1ccc(Cl)cc1N1C(=O)c2cccc3cccc(c23)C1=O.O=C1OC(=O)c2cccc3cccc1c23.O=C1c2cccc3cccc(c23)C(=O)N1c1cc(Cl)ccc1[N+](=O)[O-].O=c1c2cccc3cccc(c32)c2nc3ccc(Cl)cc3n12. The molecule has 5 heterocycles. The molecule has 0 spiro atoms. The Morgan fingerprint density at radius 3 is 1.24 bits per heavy atom. The number of rotatable bonds is 4. The molecule has 0 atom stereocenters. The maximum Gasteiger partial charge on any atom is 0.346 e. The maximum atomic E-state index is 13.0. The van der Waals surface area contributed by atoms with Crippen molar-refractivity contribution < 1.29 is 43.4 Å². The zero-order chi connectivity index (χ0) is 67.5. The number of fused-ring (bicyclic) bond motifs is 4. The largest absolute Gasteiger partial charge is 0.397 e. The number of amides is 4. The lowest BCUT2D eigenvalue weighted by molar-refractivity contribution is -0.384. The Hall–Kier alpha value is -12.2. The zero-order valence-electron chi connectivity index (χ0n) is 49.0. The molecule has 2 aromatic heterocycles. The quantitative estimate of drug-likeness (QED) is 0.0413. The first-order chi connectivity index (χ1) is 46.2. The number of nitro benzene ring substituents is 2. The van der Waals surface area contributed by atoms with Crippen LogP contribution in [0.5, 0.6) is 0 Å². The highest BCUT2D eigenvalue weighted by molar-refractivity contribution is 6.39. The lowest BCUT2D eigenvalue weighted by Crippen LogP contribution is -2.40. The van der Waals surface area contributed by atoms with Crippen LogP contribution in [0.1, 0.15) is 62.1 Å². The number of esters is 2. The van der Waals surface area contributed by atoms with Gasteiger partial charge in [0.2, 0.25) is 0 Å². The number of nitrogen functional groups attached to an aromatic ring is 2. The molecule has 0 unspecified atom stereocenters. The first-order valence-electron chi connectivity index (χ1n) is 28.7. The van der Waals surface area contributed by atoms with Gasteiger partial charge in [0.15, 0.2) is 0 Å². The van der Waals surface area contributed by atoms with E-state index < -0.39 is 45.4 Å². The highest BCUT2D eigenvalue weighted by atomic mass is 35.5. The monoisotopic (exact) mass is 1350 g/mol. The van der Waals surface area contributed by atoms with Crippen LogP contribution in [0.2, 0.25) is 20.1 Å². The number of benzene rings is 12. The molecular weight excluding hydrogens is 1310 g/mol. The first-order valence-corrected chi connectivity index (χ1v) is 30.2. The number of aromatic nitrogens is 2. The van der Waals surface area contributed by atoms with Crippen molar-refractivity contribution in [3.8, 4) is 0 Å². The van der Waals surface area contributed by atoms with E-state index in [1.807, 2.05) is 66.7 Å². The molecule has 4 amide bonds. The molecule has 0 aliphatic carbocycles. The van der Waals surface area contributed by atoms with Crippen LogP contribution in [0.25, 0.3) is 70.5 Å². The van der Waals surface area contributed by atoms with Gasteiger partial charge in [0.1, 0.15) is 17.0 Å². The van der Waals surface area contributed by atoms with E-state index in [0.717, 1.165) is 53.2 Å². The van der Waals surface area contributed by atoms with Crippen molar-refractivity contribution in [1.29, 1.82) is 0 Å². The lowest BCUT2D eigenvalue weighted by atomic mass is 9.93. The van der Waals surface area contributed by atoms with Gasteiger partial charge in [-0.25, -0.2) is 24.4 Å². The molecule has 0 saturated heterocycles. The van der Waals surface area contributed by atoms with Crippen LogP contribution in [0.4, 0.5) is 34.1 Å². The third-order valence-corrected chi connectivity index (χ3v) is 17.0. The summed E-state index contributed by atoms with van der Waals surface area (Å²) < 4.78 is 6.29. The Kier molecular flexibility index (Phi) is 16.3. The Morgan fingerprint density at radius 1 is 0.385 bits per heavy atom. The van der Waals surface area contributed by atoms with Crippen molar-refractivity contribution in [3.05, 3.63) is 302 Å². The fourth-order valence-corrected chi connectivity index (χ4v) is 12.5. The minimum atomic E-state index is -0.646. The number of cyclic esters (lactones) is 2. The molecule has 0 radical (unpaired) electrons. The number of halogens is 4. The summed E-state index contributed by atoms with van der Waals surface area (Å²) >= 11 is 23.6. The van der Waals surface area contributed by atoms with Gasteiger partial charge < -0.3 is 16.2 Å². The number of carbonyl (C=O) groups excluding carboxylic acids is 6. The Morgan fingerprint density at radius 2 is 0.760 bits per heavy atom. The minimum Gasteiger partial charge on any atom is -0.397 e. The molecule has 14 aromatic rings. The van der Waals surface area contributed by atoms with Crippen LogP contribution in [-0.4, -0.2) is 54.8 Å². The van der Waals surface area contributed by atoms with Gasteiger partial charge in [-0.2, -0.15) is 0 Å². The van der Waals surface area contributed by atoms with Crippen LogP contribution in [0, 0.1) is 20.2 Å². The Labute approximate surface area is 559 Å². The van der Waals surface area contributed by atoms with Crippen LogP contribution in [-0.2, 0) is 4.74 Å². The van der Waals surface area contributed by atoms with E-state index in [9.17, 15) is 53.8 Å². The summed E-state index contributed by atoms with van der Waals surface area (Å²) in [7, 11) is 0. The predicted octanol–water partition coefficient (Wildman–Crippen LogP) is 16.3. The second kappa shape index (κ2) is 25.0. The molecule has 0 bridgehead atoms. The van der Waals surface area contributed by atoms with Gasteiger partial charge in [0.05, 0.1) is 43.4 Å². The number of pyridine rings is 1. The predicted molar refractivity (Wildman–Crippen MR) is 371 cm³/mol. The van der Waals surface area contributed by atoms with Crippen LogP contribution >= 0.6 is 46.4 Å². The Balaban J connectivity index is 0.000000111. The number of imidazole rings is 1. The van der Waals surface area contributed by atoms with Crippen LogP contribution < -0.4 is 26.8 Å². The summed E-state index contributed by atoms with van der Waals surface area (Å²) in [6.45, 7) is 0. The third-order valence-electron chi connectivity index (χ3n) is 16.1. The minimum absolute atomic E-state index is 0.0518. The number of imide groups is 2. The number of nitrogens with zero attached hydrogens (tertiary/aromatic N) is 6. The van der Waals surface area contributed by atoms with Gasteiger partial charge in [0.25, 0.3) is 40.6 Å². The number of anilines is 4. The van der Waals surface area contributed by atoms with E-state index in [-0.39, 0.29) is 33.3 Å². The van der Waals surface area contributed by atoms with E-state index in [1.54, 1.807) is 114 Å². The number of hydrogen-bond donors (Lipinski definition) is 2. The second-order valence-electron chi connectivity index (χ2n) is 21.7. The molecule has 4 N–H and O–H groups in total. The molecule has 3 aliphatic rings. The average molecular weight is 1350 g/mol. The number of nitrogens with two attached hydrogens (primary N) is 2. The van der Waals surface area contributed by atoms with Gasteiger partial charge in [0, 0.05) is 86.8 Å². The zero-order valence-corrected chi connectivity index (χ0v) is 52.1. The Bertz CT molecular complexity index is 5670. The van der Waals surface area contributed by atoms with Crippen molar-refractivity contribution in [1.82, 2.24) is 9.38 Å². The molecular formula is C72H40Cl4N8O12. The average Bonchev–Trinajstić information content (AvgIpc) is 1.36.